The van der Waals surface area contributed by atoms with Gasteiger partial charge in [0.15, 0.2) is 12.1 Å². The highest BCUT2D eigenvalue weighted by Gasteiger charge is 2.45. The Bertz CT molecular complexity index is 1530. The van der Waals surface area contributed by atoms with Crippen LogP contribution >= 0.6 is 0 Å². The number of aliphatic hydroxyl groups excluding tert-OH is 1. The van der Waals surface area contributed by atoms with Gasteiger partial charge in [-0.1, -0.05) is 163 Å². The molecule has 3 aliphatic rings. The number of hydrogen-bond donors (Lipinski definition) is 2. The Morgan fingerprint density at radius 2 is 1.27 bits per heavy atom. The second-order valence-corrected chi connectivity index (χ2v) is 16.3. The molecule has 0 radical (unpaired) electrons. The number of benzene rings is 3. The molecule has 3 aromatic carbocycles. The van der Waals surface area contributed by atoms with Crippen LogP contribution in [-0.2, 0) is 36.9 Å². The summed E-state index contributed by atoms with van der Waals surface area (Å²) in [5.41, 5.74) is 5.11. The molecule has 3 aromatic rings. The number of carbonyl (C=O) groups is 1. The maximum atomic E-state index is 12.7. The monoisotopic (exact) mass is 769 g/mol. The number of amides is 1. The van der Waals surface area contributed by atoms with Crippen LogP contribution in [0.4, 0.5) is 0 Å². The molecule has 3 aliphatic heterocycles. The molecule has 1 spiro atoms. The maximum Gasteiger partial charge on any atom is 0.220 e. The number of ether oxygens (including phenoxy) is 4. The van der Waals surface area contributed by atoms with Crippen molar-refractivity contribution in [2.24, 2.45) is 0 Å². The normalized spacial score (nSPS) is 22.4. The fourth-order valence-electron chi connectivity index (χ4n) is 8.67. The SMILES string of the molecule is CCCCCCCCCCCCCCCC(=O)NCc1ccc(C2O[C@H](CN3CCC4(CC3)OCCO4)[C@@H](c3ccccc3)[C@H](c3ccc(CO)cc3)O2)cc1. The van der Waals surface area contributed by atoms with Crippen molar-refractivity contribution in [3.8, 4) is 0 Å². The smallest absolute Gasteiger partial charge is 0.220 e. The number of unbranched alkanes of at least 4 members (excludes halogenated alkanes) is 12. The molecule has 6 rings (SSSR count). The molecule has 0 aromatic heterocycles. The lowest BCUT2D eigenvalue weighted by Gasteiger charge is -2.46. The van der Waals surface area contributed by atoms with Crippen molar-refractivity contribution in [2.75, 3.05) is 32.8 Å². The minimum absolute atomic E-state index is 0.00159. The minimum atomic E-state index is -0.570. The lowest BCUT2D eigenvalue weighted by Crippen LogP contribution is -2.50. The van der Waals surface area contributed by atoms with Crippen molar-refractivity contribution >= 4 is 5.91 Å². The second kappa shape index (κ2) is 22.7. The Balaban J connectivity index is 1.02. The third-order valence-electron chi connectivity index (χ3n) is 12.1. The van der Waals surface area contributed by atoms with Crippen LogP contribution in [0.15, 0.2) is 78.9 Å². The van der Waals surface area contributed by atoms with E-state index in [1.54, 1.807) is 0 Å². The Labute approximate surface area is 336 Å². The zero-order valence-corrected chi connectivity index (χ0v) is 34.0. The summed E-state index contributed by atoms with van der Waals surface area (Å²) in [5, 5.41) is 12.9. The van der Waals surface area contributed by atoms with Crippen LogP contribution in [0.3, 0.4) is 0 Å². The van der Waals surface area contributed by atoms with E-state index in [-0.39, 0.29) is 30.6 Å². The van der Waals surface area contributed by atoms with E-state index < -0.39 is 12.1 Å². The summed E-state index contributed by atoms with van der Waals surface area (Å²) in [7, 11) is 0. The van der Waals surface area contributed by atoms with E-state index in [1.807, 2.05) is 18.2 Å². The first-order chi connectivity index (χ1) is 27.6. The summed E-state index contributed by atoms with van der Waals surface area (Å²) in [6.45, 7) is 6.63. The topological polar surface area (TPSA) is 89.5 Å². The van der Waals surface area contributed by atoms with Crippen LogP contribution in [0.5, 0.6) is 0 Å². The first-order valence-electron chi connectivity index (χ1n) is 22.0. The molecule has 3 saturated heterocycles. The number of carbonyl (C=O) groups excluding carboxylic acids is 1. The Morgan fingerprint density at radius 3 is 1.88 bits per heavy atom. The molecule has 0 bridgehead atoms. The zero-order chi connectivity index (χ0) is 38.8. The number of likely N-dealkylation sites (tertiary alicyclic amines) is 1. The van der Waals surface area contributed by atoms with Crippen LogP contribution < -0.4 is 5.32 Å². The highest BCUT2D eigenvalue weighted by Crippen LogP contribution is 2.47. The largest absolute Gasteiger partial charge is 0.392 e. The lowest BCUT2D eigenvalue weighted by molar-refractivity contribution is -0.265. The van der Waals surface area contributed by atoms with Crippen LogP contribution in [0, 0.1) is 0 Å². The third kappa shape index (κ3) is 12.7. The summed E-state index contributed by atoms with van der Waals surface area (Å²) in [6, 6.07) is 27.0. The van der Waals surface area contributed by atoms with E-state index >= 15 is 0 Å². The molecule has 4 atom stereocenters. The first-order valence-corrected chi connectivity index (χ1v) is 22.0. The third-order valence-corrected chi connectivity index (χ3v) is 12.1. The van der Waals surface area contributed by atoms with Gasteiger partial charge >= 0.3 is 0 Å². The number of nitrogens with zero attached hydrogens (tertiary/aromatic N) is 1. The fraction of sp³-hybridized carbons (Fsp3) is 0.604. The maximum absolute atomic E-state index is 12.7. The van der Waals surface area contributed by atoms with E-state index in [0.29, 0.717) is 26.2 Å². The standard InChI is InChI=1S/C48H68N2O6/c1-2-3-4-5-6-7-8-9-10-11-12-13-17-20-44(52)49-35-38-21-27-42(28-22-38)47-55-43(36-50-31-29-48(30-32-50)53-33-34-54-48)45(40-18-15-14-16-19-40)46(56-47)41-25-23-39(37-51)24-26-41/h14-16,18-19,21-28,43,45-47,51H,2-13,17,20,29-37H2,1H3,(H,49,52)/t43-,45-,46+,47?/m1/s1. The second-order valence-electron chi connectivity index (χ2n) is 16.3. The van der Waals surface area contributed by atoms with Gasteiger partial charge in [-0.3, -0.25) is 4.79 Å². The highest BCUT2D eigenvalue weighted by atomic mass is 16.7. The molecule has 3 fully saturated rings. The molecule has 56 heavy (non-hydrogen) atoms. The molecule has 8 heteroatoms. The Kier molecular flexibility index (Phi) is 17.2. The fourth-order valence-corrected chi connectivity index (χ4v) is 8.67. The van der Waals surface area contributed by atoms with E-state index in [2.05, 4.69) is 77.8 Å². The number of aliphatic hydroxyl groups is 1. The molecule has 8 nitrogen and oxygen atoms in total. The van der Waals surface area contributed by atoms with Gasteiger partial charge in [-0.15, -0.1) is 0 Å². The number of rotatable bonds is 22. The van der Waals surface area contributed by atoms with Crippen LogP contribution in [-0.4, -0.2) is 60.7 Å². The van der Waals surface area contributed by atoms with Gasteiger partial charge in [0.1, 0.15) is 0 Å². The van der Waals surface area contributed by atoms with E-state index in [4.69, 9.17) is 18.9 Å². The quantitative estimate of drug-likeness (QED) is 0.0984. The van der Waals surface area contributed by atoms with Crippen molar-refractivity contribution in [1.82, 2.24) is 10.2 Å². The molecular weight excluding hydrogens is 701 g/mol. The first kappa shape index (κ1) is 42.5. The Hall–Kier alpha value is -3.11. The van der Waals surface area contributed by atoms with Crippen molar-refractivity contribution < 1.29 is 28.8 Å². The molecule has 3 heterocycles. The summed E-state index contributed by atoms with van der Waals surface area (Å²) < 4.78 is 26.0. The van der Waals surface area contributed by atoms with Gasteiger partial charge < -0.3 is 34.3 Å². The molecule has 1 amide bonds. The zero-order valence-electron chi connectivity index (χ0n) is 34.0. The highest BCUT2D eigenvalue weighted by molar-refractivity contribution is 5.75. The van der Waals surface area contributed by atoms with Crippen molar-refractivity contribution in [1.29, 1.82) is 0 Å². The van der Waals surface area contributed by atoms with Gasteiger partial charge in [0, 0.05) is 56.9 Å². The molecule has 2 N–H and O–H groups in total. The molecule has 306 valence electrons. The van der Waals surface area contributed by atoms with Crippen molar-refractivity contribution in [3.63, 3.8) is 0 Å². The van der Waals surface area contributed by atoms with E-state index in [0.717, 1.165) is 67.6 Å². The molecule has 1 unspecified atom stereocenters. The summed E-state index contributed by atoms with van der Waals surface area (Å²) in [6.07, 6.45) is 18.2. The van der Waals surface area contributed by atoms with Crippen LogP contribution in [0.2, 0.25) is 0 Å². The van der Waals surface area contributed by atoms with Gasteiger partial charge in [-0.05, 0) is 28.7 Å². The summed E-state index contributed by atoms with van der Waals surface area (Å²) in [5.74, 6) is -0.360. The number of hydrogen-bond acceptors (Lipinski definition) is 7. The van der Waals surface area contributed by atoms with Gasteiger partial charge in [0.25, 0.3) is 0 Å². The summed E-state index contributed by atoms with van der Waals surface area (Å²) >= 11 is 0. The molecular formula is C48H68N2O6. The van der Waals surface area contributed by atoms with Gasteiger partial charge in [0.2, 0.25) is 5.91 Å². The minimum Gasteiger partial charge on any atom is -0.392 e. The van der Waals surface area contributed by atoms with Gasteiger partial charge in [-0.2, -0.15) is 0 Å². The average molecular weight is 769 g/mol. The number of nitrogens with one attached hydrogen (secondary N) is 1. The van der Waals surface area contributed by atoms with E-state index in [1.165, 1.54) is 76.2 Å². The average Bonchev–Trinajstić information content (AvgIpc) is 3.70. The summed E-state index contributed by atoms with van der Waals surface area (Å²) in [4.78, 5) is 15.2. The molecule has 0 aliphatic carbocycles. The number of piperidine rings is 1. The van der Waals surface area contributed by atoms with Crippen molar-refractivity contribution in [3.05, 3.63) is 107 Å². The lowest BCUT2D eigenvalue weighted by atomic mass is 9.83. The molecule has 0 saturated carbocycles. The predicted octanol–water partition coefficient (Wildman–Crippen LogP) is 10.1. The van der Waals surface area contributed by atoms with Gasteiger partial charge in [0.05, 0.1) is 32.0 Å². The van der Waals surface area contributed by atoms with Gasteiger partial charge in [-0.25, -0.2) is 0 Å². The Morgan fingerprint density at radius 1 is 0.696 bits per heavy atom. The van der Waals surface area contributed by atoms with Crippen LogP contribution in [0.1, 0.15) is 156 Å². The predicted molar refractivity (Wildman–Crippen MR) is 222 cm³/mol. The van der Waals surface area contributed by atoms with Crippen molar-refractivity contribution in [2.45, 2.75) is 153 Å². The van der Waals surface area contributed by atoms with Crippen LogP contribution in [0.25, 0.3) is 0 Å². The van der Waals surface area contributed by atoms with E-state index in [9.17, 15) is 9.90 Å².